The fourth-order valence-electron chi connectivity index (χ4n) is 2.58. The zero-order valence-corrected chi connectivity index (χ0v) is 12.8. The monoisotopic (exact) mass is 296 g/mol. The lowest BCUT2D eigenvalue weighted by molar-refractivity contribution is -0.283. The lowest BCUT2D eigenvalue weighted by Crippen LogP contribution is -2.53. The van der Waals surface area contributed by atoms with Crippen LogP contribution in [-0.2, 0) is 25.6 Å². The molecule has 1 aliphatic heterocycles. The van der Waals surface area contributed by atoms with Gasteiger partial charge in [-0.2, -0.15) is 0 Å². The first-order valence-corrected chi connectivity index (χ1v) is 7.20. The largest absolute Gasteiger partial charge is 0.391 e. The van der Waals surface area contributed by atoms with Gasteiger partial charge in [0, 0.05) is 20.6 Å². The van der Waals surface area contributed by atoms with Gasteiger partial charge in [0.05, 0.1) is 18.8 Å². The molecule has 5 heteroatoms. The van der Waals surface area contributed by atoms with Crippen molar-refractivity contribution in [3.63, 3.8) is 0 Å². The van der Waals surface area contributed by atoms with Gasteiger partial charge in [0.2, 0.25) is 0 Å². The molecule has 0 radical (unpaired) electrons. The fraction of sp³-hybridized carbons (Fsp3) is 0.625. The van der Waals surface area contributed by atoms with Crippen LogP contribution in [0, 0.1) is 0 Å². The van der Waals surface area contributed by atoms with E-state index in [0.29, 0.717) is 13.0 Å². The Morgan fingerprint density at radius 1 is 1.19 bits per heavy atom. The quantitative estimate of drug-likeness (QED) is 0.866. The summed E-state index contributed by atoms with van der Waals surface area (Å²) in [5.41, 5.74) is 1.09. The Balaban J connectivity index is 2.00. The second-order valence-electron chi connectivity index (χ2n) is 5.29. The van der Waals surface area contributed by atoms with Gasteiger partial charge >= 0.3 is 0 Å². The van der Waals surface area contributed by atoms with Crippen LogP contribution in [0.2, 0.25) is 0 Å². The molecule has 1 saturated heterocycles. The molecule has 1 aromatic rings. The maximum absolute atomic E-state index is 9.92. The molecule has 1 heterocycles. The summed E-state index contributed by atoms with van der Waals surface area (Å²) < 4.78 is 22.4. The van der Waals surface area contributed by atoms with E-state index >= 15 is 0 Å². The van der Waals surface area contributed by atoms with Crippen molar-refractivity contribution < 1.29 is 24.1 Å². The summed E-state index contributed by atoms with van der Waals surface area (Å²) in [6.45, 7) is 2.18. The molecule has 0 bridgehead atoms. The summed E-state index contributed by atoms with van der Waals surface area (Å²) in [5, 5.41) is 9.92. The highest BCUT2D eigenvalue weighted by Crippen LogP contribution is 2.27. The highest BCUT2D eigenvalue weighted by molar-refractivity contribution is 5.13. The standard InChI is InChI=1S/C16H24O5/c1-11(17)15-13(9-14(18-2)16(19-3)21-15)20-10-12-7-5-4-6-8-12/h4-8,11,13-17H,9-10H2,1-3H3/t11-,13+,14-,15-,16+/m1/s1. The molecular weight excluding hydrogens is 272 g/mol. The molecule has 1 aromatic carbocycles. The zero-order chi connectivity index (χ0) is 15.2. The Morgan fingerprint density at radius 2 is 1.90 bits per heavy atom. The van der Waals surface area contributed by atoms with Crippen molar-refractivity contribution in [1.82, 2.24) is 0 Å². The molecule has 118 valence electrons. The number of hydrogen-bond donors (Lipinski definition) is 1. The van der Waals surface area contributed by atoms with Gasteiger partial charge in [0.1, 0.15) is 12.2 Å². The number of benzene rings is 1. The molecule has 1 fully saturated rings. The minimum Gasteiger partial charge on any atom is -0.391 e. The molecule has 1 N–H and O–H groups in total. The predicted molar refractivity (Wildman–Crippen MR) is 77.8 cm³/mol. The normalized spacial score (nSPS) is 31.0. The first-order valence-electron chi connectivity index (χ1n) is 7.20. The van der Waals surface area contributed by atoms with Crippen LogP contribution in [0.25, 0.3) is 0 Å². The molecule has 0 amide bonds. The molecule has 0 spiro atoms. The maximum Gasteiger partial charge on any atom is 0.184 e. The summed E-state index contributed by atoms with van der Waals surface area (Å²) in [6, 6.07) is 9.93. The average Bonchev–Trinajstić information content (AvgIpc) is 2.52. The molecule has 1 aliphatic rings. The second kappa shape index (κ2) is 7.87. The van der Waals surface area contributed by atoms with Crippen LogP contribution in [0.15, 0.2) is 30.3 Å². The van der Waals surface area contributed by atoms with Crippen molar-refractivity contribution in [3.05, 3.63) is 35.9 Å². The molecule has 2 rings (SSSR count). The number of rotatable bonds is 6. The number of hydrogen-bond acceptors (Lipinski definition) is 5. The maximum atomic E-state index is 9.92. The first kappa shape index (κ1) is 16.4. The van der Waals surface area contributed by atoms with Gasteiger partial charge in [-0.1, -0.05) is 30.3 Å². The third-order valence-corrected chi connectivity index (χ3v) is 3.74. The Kier molecular flexibility index (Phi) is 6.14. The summed E-state index contributed by atoms with van der Waals surface area (Å²) in [4.78, 5) is 0. The van der Waals surface area contributed by atoms with E-state index < -0.39 is 18.5 Å². The zero-order valence-electron chi connectivity index (χ0n) is 12.8. The molecule has 5 atom stereocenters. The van der Waals surface area contributed by atoms with Crippen molar-refractivity contribution >= 4 is 0 Å². The van der Waals surface area contributed by atoms with E-state index in [1.54, 1.807) is 21.1 Å². The van der Waals surface area contributed by atoms with Gasteiger partial charge in [-0.05, 0) is 12.5 Å². The predicted octanol–water partition coefficient (Wildman–Crippen LogP) is 1.73. The van der Waals surface area contributed by atoms with Crippen molar-refractivity contribution in [2.75, 3.05) is 14.2 Å². The third kappa shape index (κ3) is 4.25. The van der Waals surface area contributed by atoms with Gasteiger partial charge in [-0.15, -0.1) is 0 Å². The first-order chi connectivity index (χ1) is 10.2. The van der Waals surface area contributed by atoms with Crippen LogP contribution in [0.3, 0.4) is 0 Å². The lowest BCUT2D eigenvalue weighted by atomic mass is 9.98. The van der Waals surface area contributed by atoms with E-state index in [-0.39, 0.29) is 12.2 Å². The number of aliphatic hydroxyl groups is 1. The van der Waals surface area contributed by atoms with Gasteiger partial charge in [-0.25, -0.2) is 0 Å². The molecule has 0 unspecified atom stereocenters. The Labute approximate surface area is 125 Å². The van der Waals surface area contributed by atoms with Gasteiger partial charge in [-0.3, -0.25) is 0 Å². The minimum absolute atomic E-state index is 0.203. The molecular formula is C16H24O5. The topological polar surface area (TPSA) is 57.2 Å². The summed E-state index contributed by atoms with van der Waals surface area (Å²) in [7, 11) is 3.19. The highest BCUT2D eigenvalue weighted by Gasteiger charge is 2.41. The van der Waals surface area contributed by atoms with E-state index in [0.717, 1.165) is 5.56 Å². The molecule has 0 aromatic heterocycles. The summed E-state index contributed by atoms with van der Waals surface area (Å²) >= 11 is 0. The van der Waals surface area contributed by atoms with E-state index in [9.17, 15) is 5.11 Å². The van der Waals surface area contributed by atoms with E-state index in [4.69, 9.17) is 18.9 Å². The van der Waals surface area contributed by atoms with E-state index in [1.807, 2.05) is 30.3 Å². The van der Waals surface area contributed by atoms with Crippen LogP contribution in [0.5, 0.6) is 0 Å². The van der Waals surface area contributed by atoms with Crippen LogP contribution < -0.4 is 0 Å². The number of aliphatic hydroxyl groups excluding tert-OH is 1. The van der Waals surface area contributed by atoms with Gasteiger partial charge in [0.15, 0.2) is 6.29 Å². The molecule has 21 heavy (non-hydrogen) atoms. The van der Waals surface area contributed by atoms with Crippen LogP contribution in [-0.4, -0.2) is 50.0 Å². The SMILES string of the molecule is CO[C@H]1O[C@H]([C@@H](C)O)[C@@H](OCc2ccccc2)C[C@H]1OC. The Morgan fingerprint density at radius 3 is 2.48 bits per heavy atom. The molecule has 0 saturated carbocycles. The van der Waals surface area contributed by atoms with Gasteiger partial charge in [0.25, 0.3) is 0 Å². The van der Waals surface area contributed by atoms with E-state index in [1.165, 1.54) is 0 Å². The average molecular weight is 296 g/mol. The lowest BCUT2D eigenvalue weighted by Gasteiger charge is -2.41. The third-order valence-electron chi connectivity index (χ3n) is 3.74. The van der Waals surface area contributed by atoms with Crippen molar-refractivity contribution in [2.45, 2.75) is 50.7 Å². The van der Waals surface area contributed by atoms with E-state index in [2.05, 4.69) is 0 Å². The van der Waals surface area contributed by atoms with Crippen LogP contribution in [0.4, 0.5) is 0 Å². The van der Waals surface area contributed by atoms with Crippen molar-refractivity contribution in [1.29, 1.82) is 0 Å². The van der Waals surface area contributed by atoms with Crippen LogP contribution in [0.1, 0.15) is 18.9 Å². The number of methoxy groups -OCH3 is 2. The van der Waals surface area contributed by atoms with Crippen LogP contribution >= 0.6 is 0 Å². The molecule has 5 nitrogen and oxygen atoms in total. The smallest absolute Gasteiger partial charge is 0.184 e. The number of ether oxygens (including phenoxy) is 4. The fourth-order valence-corrected chi connectivity index (χ4v) is 2.58. The van der Waals surface area contributed by atoms with Crippen molar-refractivity contribution in [3.8, 4) is 0 Å². The Hall–Kier alpha value is -0.980. The minimum atomic E-state index is -0.638. The van der Waals surface area contributed by atoms with Gasteiger partial charge < -0.3 is 24.1 Å². The highest BCUT2D eigenvalue weighted by atomic mass is 16.7. The summed E-state index contributed by atoms with van der Waals surface area (Å²) in [5.74, 6) is 0. The van der Waals surface area contributed by atoms with Crippen molar-refractivity contribution in [2.24, 2.45) is 0 Å². The summed E-state index contributed by atoms with van der Waals surface area (Å²) in [6.07, 6.45) is -1.36. The molecule has 0 aliphatic carbocycles. The Bertz CT molecular complexity index is 408. The second-order valence-corrected chi connectivity index (χ2v) is 5.29.